The Bertz CT molecular complexity index is 450. The van der Waals surface area contributed by atoms with Crippen LogP contribution in [0.1, 0.15) is 10.4 Å². The lowest BCUT2D eigenvalue weighted by molar-refractivity contribution is 0.0603. The molecule has 0 aliphatic carbocycles. The number of carbonyl (C=O) groups excluding carboxylic acids is 1. The molecule has 66 valence electrons. The Balaban J connectivity index is 2.67. The lowest BCUT2D eigenvalue weighted by Gasteiger charge is -1.98. The molecule has 2 heterocycles. The first-order valence-electron chi connectivity index (χ1n) is 3.72. The van der Waals surface area contributed by atoms with E-state index in [2.05, 4.69) is 9.72 Å². The van der Waals surface area contributed by atoms with Crippen LogP contribution in [0.4, 0.5) is 0 Å². The summed E-state index contributed by atoms with van der Waals surface area (Å²) in [5.74, 6) is -0.333. The van der Waals surface area contributed by atoms with E-state index in [9.17, 15) is 4.79 Å². The summed E-state index contributed by atoms with van der Waals surface area (Å²) in [4.78, 5) is 15.2. The summed E-state index contributed by atoms with van der Waals surface area (Å²) in [6, 6.07) is 1.93. The van der Waals surface area contributed by atoms with Gasteiger partial charge >= 0.3 is 5.97 Å². The van der Waals surface area contributed by atoms with Crippen molar-refractivity contribution in [2.45, 2.75) is 0 Å². The van der Waals surface area contributed by atoms with Gasteiger partial charge in [0.2, 0.25) is 0 Å². The highest BCUT2D eigenvalue weighted by atomic mass is 32.1. The molecular formula is C9H7NO2S. The van der Waals surface area contributed by atoms with E-state index in [1.807, 2.05) is 11.4 Å². The molecule has 0 bridgehead atoms. The highest BCUT2D eigenvalue weighted by Crippen LogP contribution is 2.23. The molecular weight excluding hydrogens is 186 g/mol. The fourth-order valence-electron chi connectivity index (χ4n) is 1.15. The molecule has 0 atom stereocenters. The second kappa shape index (κ2) is 3.14. The molecule has 2 aromatic rings. The molecule has 0 spiro atoms. The van der Waals surface area contributed by atoms with Crippen LogP contribution in [-0.2, 0) is 4.74 Å². The highest BCUT2D eigenvalue weighted by Gasteiger charge is 2.10. The average molecular weight is 193 g/mol. The second-order valence-electron chi connectivity index (χ2n) is 2.52. The first-order chi connectivity index (χ1) is 6.33. The van der Waals surface area contributed by atoms with E-state index in [1.54, 1.807) is 6.20 Å². The van der Waals surface area contributed by atoms with Crippen LogP contribution in [0.25, 0.3) is 10.1 Å². The number of aromatic nitrogens is 1. The minimum absolute atomic E-state index is 0.333. The predicted octanol–water partition coefficient (Wildman–Crippen LogP) is 2.08. The van der Waals surface area contributed by atoms with Crippen LogP contribution in [0.15, 0.2) is 23.8 Å². The zero-order valence-corrected chi connectivity index (χ0v) is 7.80. The number of carbonyl (C=O) groups is 1. The predicted molar refractivity (Wildman–Crippen MR) is 51.0 cm³/mol. The molecule has 0 unspecified atom stereocenters. The minimum Gasteiger partial charge on any atom is -0.465 e. The first kappa shape index (κ1) is 8.19. The fraction of sp³-hybridized carbons (Fsp3) is 0.111. The smallest absolute Gasteiger partial charge is 0.340 e. The Hall–Kier alpha value is -1.42. The van der Waals surface area contributed by atoms with Crippen molar-refractivity contribution in [1.82, 2.24) is 4.98 Å². The van der Waals surface area contributed by atoms with Gasteiger partial charge in [-0.15, -0.1) is 11.3 Å². The molecule has 0 saturated carbocycles. The molecule has 4 heteroatoms. The van der Waals surface area contributed by atoms with Gasteiger partial charge in [0.15, 0.2) is 0 Å². The van der Waals surface area contributed by atoms with Crippen molar-refractivity contribution in [3.05, 3.63) is 29.4 Å². The van der Waals surface area contributed by atoms with Crippen molar-refractivity contribution in [3.8, 4) is 0 Å². The van der Waals surface area contributed by atoms with Crippen LogP contribution < -0.4 is 0 Å². The lowest BCUT2D eigenvalue weighted by atomic mass is 10.2. The zero-order chi connectivity index (χ0) is 9.26. The third kappa shape index (κ3) is 1.29. The van der Waals surface area contributed by atoms with Gasteiger partial charge in [0.1, 0.15) is 0 Å². The second-order valence-corrected chi connectivity index (χ2v) is 3.43. The third-order valence-electron chi connectivity index (χ3n) is 1.76. The number of fused-ring (bicyclic) bond motifs is 1. The Morgan fingerprint density at radius 1 is 1.54 bits per heavy atom. The maximum atomic E-state index is 11.3. The molecule has 0 aliphatic rings. The molecule has 13 heavy (non-hydrogen) atoms. The number of esters is 1. The zero-order valence-electron chi connectivity index (χ0n) is 6.98. The summed E-state index contributed by atoms with van der Waals surface area (Å²) in [7, 11) is 1.37. The van der Waals surface area contributed by atoms with E-state index >= 15 is 0 Å². The molecule has 3 nitrogen and oxygen atoms in total. The van der Waals surface area contributed by atoms with Crippen LogP contribution in [0, 0.1) is 0 Å². The largest absolute Gasteiger partial charge is 0.465 e. The van der Waals surface area contributed by atoms with Gasteiger partial charge in [-0.3, -0.25) is 4.98 Å². The van der Waals surface area contributed by atoms with Crippen molar-refractivity contribution in [2.24, 2.45) is 0 Å². The first-order valence-corrected chi connectivity index (χ1v) is 4.60. The lowest BCUT2D eigenvalue weighted by Crippen LogP contribution is -2.01. The van der Waals surface area contributed by atoms with E-state index in [4.69, 9.17) is 0 Å². The summed E-state index contributed by atoms with van der Waals surface area (Å²) in [6.07, 6.45) is 3.27. The van der Waals surface area contributed by atoms with Crippen LogP contribution in [0.5, 0.6) is 0 Å². The monoisotopic (exact) mass is 193 g/mol. The normalized spacial score (nSPS) is 10.2. The third-order valence-corrected chi connectivity index (χ3v) is 2.73. The SMILES string of the molecule is COC(=O)c1cncc2ccsc12. The van der Waals surface area contributed by atoms with Gasteiger partial charge in [-0.1, -0.05) is 0 Å². The summed E-state index contributed by atoms with van der Waals surface area (Å²) in [6.45, 7) is 0. The van der Waals surface area contributed by atoms with E-state index < -0.39 is 0 Å². The van der Waals surface area contributed by atoms with Gasteiger partial charge in [0, 0.05) is 17.8 Å². The van der Waals surface area contributed by atoms with E-state index in [-0.39, 0.29) is 5.97 Å². The Morgan fingerprint density at radius 2 is 2.38 bits per heavy atom. The number of methoxy groups -OCH3 is 1. The van der Waals surface area contributed by atoms with Crippen LogP contribution in [0.3, 0.4) is 0 Å². The Labute approximate surface area is 79.0 Å². The molecule has 0 aromatic carbocycles. The molecule has 0 radical (unpaired) electrons. The molecule has 2 rings (SSSR count). The summed E-state index contributed by atoms with van der Waals surface area (Å²) >= 11 is 1.52. The molecule has 0 amide bonds. The van der Waals surface area contributed by atoms with E-state index in [0.717, 1.165) is 10.1 Å². The number of ether oxygens (including phenoxy) is 1. The van der Waals surface area contributed by atoms with E-state index in [0.29, 0.717) is 5.56 Å². The highest BCUT2D eigenvalue weighted by molar-refractivity contribution is 7.17. The van der Waals surface area contributed by atoms with Crippen LogP contribution >= 0.6 is 11.3 Å². The molecule has 0 aliphatic heterocycles. The number of hydrogen-bond donors (Lipinski definition) is 0. The Morgan fingerprint density at radius 3 is 3.15 bits per heavy atom. The number of nitrogens with zero attached hydrogens (tertiary/aromatic N) is 1. The fourth-order valence-corrected chi connectivity index (χ4v) is 2.02. The summed E-state index contributed by atoms with van der Waals surface area (Å²) in [5.41, 5.74) is 0.537. The van der Waals surface area contributed by atoms with Gasteiger partial charge in [0.25, 0.3) is 0 Å². The Kier molecular flexibility index (Phi) is 1.98. The molecule has 2 aromatic heterocycles. The maximum absolute atomic E-state index is 11.3. The van der Waals surface area contributed by atoms with Crippen molar-refractivity contribution in [2.75, 3.05) is 7.11 Å². The van der Waals surface area contributed by atoms with Gasteiger partial charge in [-0.2, -0.15) is 0 Å². The van der Waals surface area contributed by atoms with Gasteiger partial charge in [-0.25, -0.2) is 4.79 Å². The number of rotatable bonds is 1. The molecule has 0 N–H and O–H groups in total. The average Bonchev–Trinajstić information content (AvgIpc) is 2.63. The molecule has 0 saturated heterocycles. The number of hydrogen-bond acceptors (Lipinski definition) is 4. The minimum atomic E-state index is -0.333. The summed E-state index contributed by atoms with van der Waals surface area (Å²) in [5, 5.41) is 2.91. The quantitative estimate of drug-likeness (QED) is 0.651. The van der Waals surface area contributed by atoms with Crippen molar-refractivity contribution in [3.63, 3.8) is 0 Å². The standard InChI is InChI=1S/C9H7NO2S/c1-12-9(11)7-5-10-4-6-2-3-13-8(6)7/h2-5H,1H3. The van der Waals surface area contributed by atoms with Crippen LogP contribution in [0.2, 0.25) is 0 Å². The van der Waals surface area contributed by atoms with Crippen LogP contribution in [-0.4, -0.2) is 18.1 Å². The number of pyridine rings is 1. The van der Waals surface area contributed by atoms with Gasteiger partial charge in [0.05, 0.1) is 17.4 Å². The molecule has 0 fully saturated rings. The topological polar surface area (TPSA) is 39.2 Å². The van der Waals surface area contributed by atoms with Gasteiger partial charge in [-0.05, 0) is 11.4 Å². The van der Waals surface area contributed by atoms with Crippen molar-refractivity contribution < 1.29 is 9.53 Å². The van der Waals surface area contributed by atoms with Crippen molar-refractivity contribution in [1.29, 1.82) is 0 Å². The summed E-state index contributed by atoms with van der Waals surface area (Å²) < 4.78 is 5.57. The number of thiophene rings is 1. The van der Waals surface area contributed by atoms with Crippen molar-refractivity contribution >= 4 is 27.4 Å². The maximum Gasteiger partial charge on any atom is 0.340 e. The van der Waals surface area contributed by atoms with E-state index in [1.165, 1.54) is 24.6 Å². The van der Waals surface area contributed by atoms with Gasteiger partial charge < -0.3 is 4.74 Å².